The molecule has 1 N–H and O–H groups in total. The molecule has 0 aliphatic heterocycles. The summed E-state index contributed by atoms with van der Waals surface area (Å²) in [4.78, 5) is 12.4. The second-order valence-electron chi connectivity index (χ2n) is 6.38. The molecule has 0 aromatic heterocycles. The molecule has 0 unspecified atom stereocenters. The van der Waals surface area contributed by atoms with Gasteiger partial charge >= 0.3 is 0 Å². The van der Waals surface area contributed by atoms with Crippen LogP contribution in [0.1, 0.15) is 29.3 Å². The van der Waals surface area contributed by atoms with E-state index >= 15 is 0 Å². The highest BCUT2D eigenvalue weighted by atomic mass is 16.5. The number of hydrogen-bond acceptors (Lipinski definition) is 3. The zero-order valence-corrected chi connectivity index (χ0v) is 16.1. The van der Waals surface area contributed by atoms with Gasteiger partial charge in [-0.2, -0.15) is 0 Å². The van der Waals surface area contributed by atoms with Crippen LogP contribution in [0.5, 0.6) is 11.5 Å². The molecule has 4 nitrogen and oxygen atoms in total. The molecule has 0 aliphatic carbocycles. The number of benzene rings is 3. The predicted octanol–water partition coefficient (Wildman–Crippen LogP) is 5.35. The monoisotopic (exact) mass is 375 g/mol. The number of anilines is 1. The highest BCUT2D eigenvalue weighted by molar-refractivity contribution is 6.04. The molecule has 0 saturated carbocycles. The number of nitrogens with one attached hydrogen (secondary N) is 1. The van der Waals surface area contributed by atoms with E-state index in [2.05, 4.69) is 29.6 Å². The quantitative estimate of drug-likeness (QED) is 0.513. The van der Waals surface area contributed by atoms with Crippen LogP contribution >= 0.6 is 0 Å². The largest absolute Gasteiger partial charge is 0.494 e. The van der Waals surface area contributed by atoms with Crippen molar-refractivity contribution in [2.75, 3.05) is 18.5 Å². The molecule has 4 heteroatoms. The minimum Gasteiger partial charge on any atom is -0.494 e. The fourth-order valence-electron chi connectivity index (χ4n) is 2.84. The van der Waals surface area contributed by atoms with Gasteiger partial charge in [0.1, 0.15) is 11.5 Å². The summed E-state index contributed by atoms with van der Waals surface area (Å²) in [6.07, 6.45) is 1.95. The summed E-state index contributed by atoms with van der Waals surface area (Å²) in [5.74, 6) is 1.32. The van der Waals surface area contributed by atoms with Crippen molar-refractivity contribution in [1.29, 1.82) is 0 Å². The third-order valence-corrected chi connectivity index (χ3v) is 4.24. The van der Waals surface area contributed by atoms with E-state index in [-0.39, 0.29) is 5.91 Å². The van der Waals surface area contributed by atoms with Crippen molar-refractivity contribution in [3.05, 3.63) is 90.0 Å². The van der Waals surface area contributed by atoms with Crippen LogP contribution in [0.25, 0.3) is 0 Å². The topological polar surface area (TPSA) is 47.6 Å². The van der Waals surface area contributed by atoms with E-state index in [0.717, 1.165) is 24.3 Å². The van der Waals surface area contributed by atoms with Crippen LogP contribution in [-0.2, 0) is 6.42 Å². The molecular weight excluding hydrogens is 350 g/mol. The molecule has 3 aromatic carbocycles. The smallest absolute Gasteiger partial charge is 0.255 e. The molecule has 0 aliphatic rings. The average Bonchev–Trinajstić information content (AvgIpc) is 2.73. The van der Waals surface area contributed by atoms with E-state index in [1.807, 2.05) is 49.4 Å². The van der Waals surface area contributed by atoms with Crippen LogP contribution in [0, 0.1) is 0 Å². The number of aryl methyl sites for hydroxylation is 1. The van der Waals surface area contributed by atoms with Gasteiger partial charge in [-0.25, -0.2) is 0 Å². The van der Waals surface area contributed by atoms with Crippen molar-refractivity contribution in [3.8, 4) is 11.5 Å². The normalized spacial score (nSPS) is 10.3. The van der Waals surface area contributed by atoms with Gasteiger partial charge in [0.15, 0.2) is 0 Å². The zero-order chi connectivity index (χ0) is 19.6. The summed E-state index contributed by atoms with van der Waals surface area (Å²) in [6, 6.07) is 25.0. The van der Waals surface area contributed by atoms with Crippen LogP contribution in [0.15, 0.2) is 78.9 Å². The number of rotatable bonds is 9. The SMILES string of the molecule is CCOc1cccc(C(=O)Nc2ccc(OCCCc3ccccc3)cc2)c1. The Morgan fingerprint density at radius 2 is 1.64 bits per heavy atom. The summed E-state index contributed by atoms with van der Waals surface area (Å²) < 4.78 is 11.2. The first-order chi connectivity index (χ1) is 13.7. The third kappa shape index (κ3) is 5.88. The molecule has 3 rings (SSSR count). The minimum absolute atomic E-state index is 0.168. The Bertz CT molecular complexity index is 876. The molecule has 3 aromatic rings. The maximum atomic E-state index is 12.4. The van der Waals surface area contributed by atoms with Gasteiger partial charge in [0, 0.05) is 11.3 Å². The highest BCUT2D eigenvalue weighted by Crippen LogP contribution is 2.18. The van der Waals surface area contributed by atoms with Gasteiger partial charge in [0.2, 0.25) is 0 Å². The zero-order valence-electron chi connectivity index (χ0n) is 16.1. The van der Waals surface area contributed by atoms with Crippen molar-refractivity contribution in [2.45, 2.75) is 19.8 Å². The molecule has 0 heterocycles. The summed E-state index contributed by atoms with van der Waals surface area (Å²) in [7, 11) is 0. The van der Waals surface area contributed by atoms with Crippen molar-refractivity contribution in [1.82, 2.24) is 0 Å². The van der Waals surface area contributed by atoms with Gasteiger partial charge in [-0.15, -0.1) is 0 Å². The van der Waals surface area contributed by atoms with Crippen molar-refractivity contribution in [3.63, 3.8) is 0 Å². The maximum absolute atomic E-state index is 12.4. The van der Waals surface area contributed by atoms with Gasteiger partial charge < -0.3 is 14.8 Å². The predicted molar refractivity (Wildman–Crippen MR) is 112 cm³/mol. The second kappa shape index (κ2) is 10.2. The van der Waals surface area contributed by atoms with Crippen LogP contribution in [0.4, 0.5) is 5.69 Å². The molecule has 1 amide bonds. The fraction of sp³-hybridized carbons (Fsp3) is 0.208. The molecule has 0 atom stereocenters. The third-order valence-electron chi connectivity index (χ3n) is 4.24. The van der Waals surface area contributed by atoms with Gasteiger partial charge in [-0.05, 0) is 67.8 Å². The molecule has 28 heavy (non-hydrogen) atoms. The van der Waals surface area contributed by atoms with Crippen LogP contribution < -0.4 is 14.8 Å². The molecule has 144 valence electrons. The molecule has 0 spiro atoms. The molecule has 0 fully saturated rings. The lowest BCUT2D eigenvalue weighted by molar-refractivity contribution is 0.102. The van der Waals surface area contributed by atoms with E-state index in [1.165, 1.54) is 5.56 Å². The van der Waals surface area contributed by atoms with Gasteiger partial charge in [-0.1, -0.05) is 36.4 Å². The summed E-state index contributed by atoms with van der Waals surface area (Å²) in [6.45, 7) is 3.14. The summed E-state index contributed by atoms with van der Waals surface area (Å²) >= 11 is 0. The Hall–Kier alpha value is -3.27. The average molecular weight is 375 g/mol. The molecule has 0 radical (unpaired) electrons. The van der Waals surface area contributed by atoms with Crippen molar-refractivity contribution in [2.24, 2.45) is 0 Å². The summed E-state index contributed by atoms with van der Waals surface area (Å²) in [5.41, 5.74) is 2.60. The first-order valence-electron chi connectivity index (χ1n) is 9.55. The lowest BCUT2D eigenvalue weighted by Crippen LogP contribution is -2.12. The fourth-order valence-corrected chi connectivity index (χ4v) is 2.84. The van der Waals surface area contributed by atoms with Crippen molar-refractivity contribution < 1.29 is 14.3 Å². The van der Waals surface area contributed by atoms with E-state index in [1.54, 1.807) is 12.1 Å². The molecule has 0 saturated heterocycles. The van der Waals surface area contributed by atoms with Crippen molar-refractivity contribution >= 4 is 11.6 Å². The van der Waals surface area contributed by atoms with E-state index in [9.17, 15) is 4.79 Å². The van der Waals surface area contributed by atoms with Gasteiger partial charge in [-0.3, -0.25) is 4.79 Å². The Kier molecular flexibility index (Phi) is 7.08. The Balaban J connectivity index is 1.47. The Morgan fingerprint density at radius 3 is 2.39 bits per heavy atom. The first kappa shape index (κ1) is 19.5. The van der Waals surface area contributed by atoms with Crippen LogP contribution in [-0.4, -0.2) is 19.1 Å². The number of amides is 1. The van der Waals surface area contributed by atoms with E-state index < -0.39 is 0 Å². The number of hydrogen-bond donors (Lipinski definition) is 1. The highest BCUT2D eigenvalue weighted by Gasteiger charge is 2.07. The van der Waals surface area contributed by atoms with E-state index in [4.69, 9.17) is 9.47 Å². The van der Waals surface area contributed by atoms with Crippen LogP contribution in [0.3, 0.4) is 0 Å². The molecule has 0 bridgehead atoms. The minimum atomic E-state index is -0.168. The first-order valence-corrected chi connectivity index (χ1v) is 9.55. The maximum Gasteiger partial charge on any atom is 0.255 e. The standard InChI is InChI=1S/C24H25NO3/c1-2-27-23-12-6-11-20(18-23)24(26)25-21-13-15-22(16-14-21)28-17-7-10-19-8-4-3-5-9-19/h3-6,8-9,11-16,18H,2,7,10,17H2,1H3,(H,25,26). The molecular formula is C24H25NO3. The van der Waals surface area contributed by atoms with Gasteiger partial charge in [0.25, 0.3) is 5.91 Å². The lowest BCUT2D eigenvalue weighted by atomic mass is 10.1. The van der Waals surface area contributed by atoms with Gasteiger partial charge in [0.05, 0.1) is 13.2 Å². The summed E-state index contributed by atoms with van der Waals surface area (Å²) in [5, 5.41) is 2.89. The Morgan fingerprint density at radius 1 is 0.857 bits per heavy atom. The van der Waals surface area contributed by atoms with Crippen LogP contribution in [0.2, 0.25) is 0 Å². The number of carbonyl (C=O) groups is 1. The Labute approximate surface area is 166 Å². The number of ether oxygens (including phenoxy) is 2. The van der Waals surface area contributed by atoms with E-state index in [0.29, 0.717) is 24.5 Å². The lowest BCUT2D eigenvalue weighted by Gasteiger charge is -2.09. The number of carbonyl (C=O) groups excluding carboxylic acids is 1. The second-order valence-corrected chi connectivity index (χ2v) is 6.38.